The summed E-state index contributed by atoms with van der Waals surface area (Å²) in [5.74, 6) is 1.32. The number of nitrogens with zero attached hydrogens (tertiary/aromatic N) is 3. The lowest BCUT2D eigenvalue weighted by Crippen LogP contribution is -2.30. The zero-order chi connectivity index (χ0) is 14.1. The first-order valence-corrected chi connectivity index (χ1v) is 7.36. The van der Waals surface area contributed by atoms with Crippen molar-refractivity contribution in [3.8, 4) is 0 Å². The van der Waals surface area contributed by atoms with E-state index in [1.165, 1.54) is 6.42 Å². The number of unbranched alkanes of at least 4 members (excludes halogenated alkanes) is 3. The number of amides is 1. The minimum atomic E-state index is 0.296. The van der Waals surface area contributed by atoms with Gasteiger partial charge < -0.3 is 9.47 Å². The Morgan fingerprint density at radius 1 is 1.26 bits per heavy atom. The van der Waals surface area contributed by atoms with Crippen LogP contribution in [0.1, 0.15) is 51.8 Å². The number of aromatic nitrogens is 2. The van der Waals surface area contributed by atoms with Crippen LogP contribution >= 0.6 is 0 Å². The van der Waals surface area contributed by atoms with Crippen LogP contribution < -0.4 is 0 Å². The van der Waals surface area contributed by atoms with E-state index in [9.17, 15) is 4.79 Å². The molecule has 4 heteroatoms. The molecule has 1 rings (SSSR count). The second-order valence-electron chi connectivity index (χ2n) is 4.84. The number of rotatable bonds is 9. The summed E-state index contributed by atoms with van der Waals surface area (Å²) in [6, 6.07) is 0. The third kappa shape index (κ3) is 5.45. The molecule has 0 saturated heterocycles. The van der Waals surface area contributed by atoms with Crippen LogP contribution in [0.5, 0.6) is 0 Å². The van der Waals surface area contributed by atoms with Gasteiger partial charge in [0.05, 0.1) is 0 Å². The molecule has 0 aliphatic heterocycles. The number of aryl methyl sites for hydroxylation is 2. The van der Waals surface area contributed by atoms with E-state index >= 15 is 0 Å². The molecule has 1 aromatic rings. The number of carbonyl (C=O) groups is 1. The monoisotopic (exact) mass is 264 g/mol. The van der Waals surface area contributed by atoms with E-state index < -0.39 is 0 Å². The average Bonchev–Trinajstić information content (AvgIpc) is 2.81. The van der Waals surface area contributed by atoms with Gasteiger partial charge >= 0.3 is 0 Å². The third-order valence-corrected chi connectivity index (χ3v) is 3.51. The molecule has 1 amide bonds. The summed E-state index contributed by atoms with van der Waals surface area (Å²) in [6.07, 6.45) is 9.90. The topological polar surface area (TPSA) is 38.1 Å². The molecular weight excluding hydrogens is 238 g/mol. The largest absolute Gasteiger partial charge is 0.343 e. The minimum absolute atomic E-state index is 0.296. The molecule has 0 bridgehead atoms. The number of imidazole rings is 1. The van der Waals surface area contributed by atoms with Gasteiger partial charge in [0.2, 0.25) is 5.91 Å². The van der Waals surface area contributed by atoms with Crippen LogP contribution in [0.4, 0.5) is 0 Å². The van der Waals surface area contributed by atoms with E-state index in [0.29, 0.717) is 12.3 Å². The Morgan fingerprint density at radius 2 is 1.95 bits per heavy atom. The molecule has 0 unspecified atom stereocenters. The average molecular weight is 264 g/mol. The van der Waals surface area contributed by atoms with Crippen LogP contribution in [0.3, 0.4) is 0 Å². The molecule has 0 N–H and O–H groups in total. The van der Waals surface area contributed by atoms with Crippen molar-refractivity contribution in [3.05, 3.63) is 18.2 Å². The highest BCUT2D eigenvalue weighted by Gasteiger charge is 2.08. The summed E-state index contributed by atoms with van der Waals surface area (Å²) < 4.78 is 2.13. The van der Waals surface area contributed by atoms with Crippen molar-refractivity contribution in [2.24, 2.45) is 0 Å². The molecule has 0 aliphatic rings. The van der Waals surface area contributed by atoms with E-state index in [0.717, 1.165) is 44.7 Å². The fourth-order valence-electron chi connectivity index (χ4n) is 2.22. The van der Waals surface area contributed by atoms with Gasteiger partial charge in [-0.25, -0.2) is 4.98 Å². The predicted octanol–water partition coefficient (Wildman–Crippen LogP) is 2.81. The summed E-state index contributed by atoms with van der Waals surface area (Å²) >= 11 is 0. The maximum absolute atomic E-state index is 11.8. The SMILES string of the molecule is CCN(CC)C(=O)CCCCCCn1c[c]nc1C. The van der Waals surface area contributed by atoms with Crippen LogP contribution in [-0.2, 0) is 11.3 Å². The highest BCUT2D eigenvalue weighted by Crippen LogP contribution is 2.07. The van der Waals surface area contributed by atoms with Crippen molar-refractivity contribution in [1.82, 2.24) is 14.5 Å². The maximum Gasteiger partial charge on any atom is 0.222 e. The van der Waals surface area contributed by atoms with Gasteiger partial charge in [-0.05, 0) is 33.6 Å². The Morgan fingerprint density at radius 3 is 2.53 bits per heavy atom. The van der Waals surface area contributed by atoms with Crippen LogP contribution in [0.15, 0.2) is 6.20 Å². The third-order valence-electron chi connectivity index (χ3n) is 3.51. The molecule has 0 aliphatic carbocycles. The van der Waals surface area contributed by atoms with Crippen LogP contribution in [0.25, 0.3) is 0 Å². The van der Waals surface area contributed by atoms with E-state index in [2.05, 4.69) is 15.7 Å². The normalized spacial score (nSPS) is 10.7. The molecule has 0 aromatic carbocycles. The number of carbonyl (C=O) groups excluding carboxylic acids is 1. The molecular formula is C15H26N3O. The van der Waals surface area contributed by atoms with E-state index in [4.69, 9.17) is 0 Å². The van der Waals surface area contributed by atoms with Gasteiger partial charge in [-0.3, -0.25) is 4.79 Å². The van der Waals surface area contributed by atoms with E-state index in [1.807, 2.05) is 31.9 Å². The van der Waals surface area contributed by atoms with Gasteiger partial charge in [-0.2, -0.15) is 0 Å². The van der Waals surface area contributed by atoms with Crippen LogP contribution in [0.2, 0.25) is 0 Å². The fraction of sp³-hybridized carbons (Fsp3) is 0.733. The molecule has 0 fully saturated rings. The van der Waals surface area contributed by atoms with Crippen LogP contribution in [-0.4, -0.2) is 33.4 Å². The quantitative estimate of drug-likeness (QED) is 0.643. The zero-order valence-electron chi connectivity index (χ0n) is 12.5. The smallest absolute Gasteiger partial charge is 0.222 e. The van der Waals surface area contributed by atoms with Gasteiger partial charge in [-0.15, -0.1) is 0 Å². The van der Waals surface area contributed by atoms with E-state index in [1.54, 1.807) is 0 Å². The summed E-state index contributed by atoms with van der Waals surface area (Å²) in [6.45, 7) is 8.72. The highest BCUT2D eigenvalue weighted by atomic mass is 16.2. The lowest BCUT2D eigenvalue weighted by molar-refractivity contribution is -0.130. The second kappa shape index (κ2) is 8.73. The number of hydrogen-bond acceptors (Lipinski definition) is 2. The molecule has 0 saturated carbocycles. The minimum Gasteiger partial charge on any atom is -0.343 e. The van der Waals surface area contributed by atoms with Gasteiger partial charge in [-0.1, -0.05) is 12.8 Å². The first-order valence-electron chi connectivity index (χ1n) is 7.36. The van der Waals surface area contributed by atoms with E-state index in [-0.39, 0.29) is 0 Å². The molecule has 4 nitrogen and oxygen atoms in total. The molecule has 1 radical (unpaired) electrons. The van der Waals surface area contributed by atoms with Gasteiger partial charge in [0.15, 0.2) is 0 Å². The van der Waals surface area contributed by atoms with Crippen molar-refractivity contribution in [1.29, 1.82) is 0 Å². The molecule has 1 heterocycles. The summed E-state index contributed by atoms with van der Waals surface area (Å²) in [7, 11) is 0. The second-order valence-corrected chi connectivity index (χ2v) is 4.84. The maximum atomic E-state index is 11.8. The Balaban J connectivity index is 2.05. The Hall–Kier alpha value is -1.32. The Labute approximate surface area is 116 Å². The lowest BCUT2D eigenvalue weighted by atomic mass is 10.1. The van der Waals surface area contributed by atoms with Crippen molar-refractivity contribution < 1.29 is 4.79 Å². The van der Waals surface area contributed by atoms with Gasteiger partial charge in [0, 0.05) is 32.3 Å². The summed E-state index contributed by atoms with van der Waals surface area (Å²) in [5.41, 5.74) is 0. The standard InChI is InChI=1S/C15H26N3O/c1-4-17(5-2)15(19)10-8-6-7-9-12-18-13-11-16-14(18)3/h13H,4-10,12H2,1-3H3. The fourth-order valence-corrected chi connectivity index (χ4v) is 2.22. The molecule has 107 valence electrons. The first kappa shape index (κ1) is 15.7. The summed E-state index contributed by atoms with van der Waals surface area (Å²) in [4.78, 5) is 17.8. The molecule has 19 heavy (non-hydrogen) atoms. The zero-order valence-corrected chi connectivity index (χ0v) is 12.5. The molecule has 0 spiro atoms. The number of hydrogen-bond donors (Lipinski definition) is 0. The Kier molecular flexibility index (Phi) is 7.23. The molecule has 1 aromatic heterocycles. The van der Waals surface area contributed by atoms with Crippen molar-refractivity contribution in [2.75, 3.05) is 13.1 Å². The van der Waals surface area contributed by atoms with Gasteiger partial charge in [0.1, 0.15) is 12.0 Å². The summed E-state index contributed by atoms with van der Waals surface area (Å²) in [5, 5.41) is 0. The molecule has 0 atom stereocenters. The predicted molar refractivity (Wildman–Crippen MR) is 76.8 cm³/mol. The first-order chi connectivity index (χ1) is 9.19. The van der Waals surface area contributed by atoms with Crippen molar-refractivity contribution >= 4 is 5.91 Å². The lowest BCUT2D eigenvalue weighted by Gasteiger charge is -2.18. The highest BCUT2D eigenvalue weighted by molar-refractivity contribution is 5.75. The van der Waals surface area contributed by atoms with Gasteiger partial charge in [0.25, 0.3) is 0 Å². The van der Waals surface area contributed by atoms with Crippen LogP contribution in [0, 0.1) is 13.1 Å². The van der Waals surface area contributed by atoms with Crippen molar-refractivity contribution in [3.63, 3.8) is 0 Å². The van der Waals surface area contributed by atoms with Crippen molar-refractivity contribution in [2.45, 2.75) is 59.4 Å². The Bertz CT molecular complexity index is 369.